The van der Waals surface area contributed by atoms with Crippen molar-refractivity contribution in [3.63, 3.8) is 0 Å². The lowest BCUT2D eigenvalue weighted by atomic mass is 9.97. The van der Waals surface area contributed by atoms with Crippen LogP contribution in [0.4, 0.5) is 0 Å². The second kappa shape index (κ2) is 9.52. The van der Waals surface area contributed by atoms with Gasteiger partial charge in [-0.25, -0.2) is 4.98 Å². The third-order valence-corrected chi connectivity index (χ3v) is 6.11. The van der Waals surface area contributed by atoms with Gasteiger partial charge in [-0.15, -0.1) is 0 Å². The van der Waals surface area contributed by atoms with Gasteiger partial charge in [0, 0.05) is 23.2 Å². The zero-order valence-corrected chi connectivity index (χ0v) is 20.1. The molecule has 0 fully saturated rings. The predicted octanol–water partition coefficient (Wildman–Crippen LogP) is 8.52. The SMILES string of the molecule is Cc1cccc(-c2ccccc2-c2nc(-c3ccccc3)c(-c3ccccc3)n2CC(C)C)c1. The predicted molar refractivity (Wildman–Crippen MR) is 144 cm³/mol. The number of nitrogens with zero attached hydrogens (tertiary/aromatic N) is 2. The Labute approximate surface area is 202 Å². The number of aromatic nitrogens is 2. The Morgan fingerprint density at radius 2 is 1.24 bits per heavy atom. The zero-order valence-electron chi connectivity index (χ0n) is 20.1. The Kier molecular flexibility index (Phi) is 6.14. The van der Waals surface area contributed by atoms with Gasteiger partial charge in [0.2, 0.25) is 0 Å². The summed E-state index contributed by atoms with van der Waals surface area (Å²) in [5.74, 6) is 1.49. The van der Waals surface area contributed by atoms with Crippen LogP contribution < -0.4 is 0 Å². The Bertz CT molecular complexity index is 1400. The molecule has 4 aromatic carbocycles. The second-order valence-electron chi connectivity index (χ2n) is 9.28. The van der Waals surface area contributed by atoms with Gasteiger partial charge in [0.25, 0.3) is 0 Å². The van der Waals surface area contributed by atoms with E-state index in [4.69, 9.17) is 4.98 Å². The molecule has 0 spiro atoms. The third kappa shape index (κ3) is 4.32. The summed E-state index contributed by atoms with van der Waals surface area (Å²) < 4.78 is 2.43. The minimum atomic E-state index is 0.477. The molecule has 0 bridgehead atoms. The summed E-state index contributed by atoms with van der Waals surface area (Å²) in [4.78, 5) is 5.35. The van der Waals surface area contributed by atoms with E-state index >= 15 is 0 Å². The molecule has 34 heavy (non-hydrogen) atoms. The van der Waals surface area contributed by atoms with Crippen molar-refractivity contribution < 1.29 is 0 Å². The normalized spacial score (nSPS) is 11.2. The van der Waals surface area contributed by atoms with E-state index in [1.54, 1.807) is 0 Å². The molecule has 5 aromatic rings. The van der Waals surface area contributed by atoms with E-state index in [-0.39, 0.29) is 0 Å². The van der Waals surface area contributed by atoms with Crippen molar-refractivity contribution in [3.8, 4) is 45.0 Å². The van der Waals surface area contributed by atoms with Crippen molar-refractivity contribution in [3.05, 3.63) is 115 Å². The quantitative estimate of drug-likeness (QED) is 0.258. The highest BCUT2D eigenvalue weighted by Crippen LogP contribution is 2.39. The minimum Gasteiger partial charge on any atom is -0.323 e. The van der Waals surface area contributed by atoms with Gasteiger partial charge < -0.3 is 4.57 Å². The first-order valence-corrected chi connectivity index (χ1v) is 12.0. The second-order valence-corrected chi connectivity index (χ2v) is 9.28. The maximum absolute atomic E-state index is 5.35. The number of rotatable bonds is 6. The summed E-state index contributed by atoms with van der Waals surface area (Å²) in [5.41, 5.74) is 9.38. The van der Waals surface area contributed by atoms with Crippen LogP contribution in [0.5, 0.6) is 0 Å². The van der Waals surface area contributed by atoms with Crippen molar-refractivity contribution >= 4 is 0 Å². The van der Waals surface area contributed by atoms with Gasteiger partial charge in [0.1, 0.15) is 5.82 Å². The lowest BCUT2D eigenvalue weighted by Crippen LogP contribution is -2.08. The number of benzene rings is 4. The van der Waals surface area contributed by atoms with Crippen LogP contribution in [0.1, 0.15) is 19.4 Å². The summed E-state index contributed by atoms with van der Waals surface area (Å²) in [6.45, 7) is 7.58. The first kappa shape index (κ1) is 21.9. The van der Waals surface area contributed by atoms with E-state index in [0.717, 1.165) is 29.2 Å². The first-order valence-electron chi connectivity index (χ1n) is 12.0. The molecule has 0 saturated carbocycles. The molecule has 0 atom stereocenters. The van der Waals surface area contributed by atoms with Crippen LogP contribution in [0.15, 0.2) is 109 Å². The molecule has 0 unspecified atom stereocenters. The van der Waals surface area contributed by atoms with Crippen LogP contribution in [-0.2, 0) is 6.54 Å². The van der Waals surface area contributed by atoms with Gasteiger partial charge in [-0.3, -0.25) is 0 Å². The molecule has 1 heterocycles. The van der Waals surface area contributed by atoms with Gasteiger partial charge in [0.15, 0.2) is 0 Å². The fourth-order valence-electron chi connectivity index (χ4n) is 4.63. The van der Waals surface area contributed by atoms with Gasteiger partial charge in [-0.1, -0.05) is 129 Å². The van der Waals surface area contributed by atoms with Gasteiger partial charge in [0.05, 0.1) is 11.4 Å². The molecule has 0 aliphatic carbocycles. The van der Waals surface area contributed by atoms with E-state index < -0.39 is 0 Å². The molecule has 0 saturated heterocycles. The van der Waals surface area contributed by atoms with E-state index in [9.17, 15) is 0 Å². The van der Waals surface area contributed by atoms with Crippen LogP contribution >= 0.6 is 0 Å². The van der Waals surface area contributed by atoms with E-state index in [0.29, 0.717) is 5.92 Å². The van der Waals surface area contributed by atoms with Crippen LogP contribution in [-0.4, -0.2) is 9.55 Å². The molecule has 2 heteroatoms. The Morgan fingerprint density at radius 3 is 1.88 bits per heavy atom. The van der Waals surface area contributed by atoms with Crippen molar-refractivity contribution in [2.75, 3.05) is 0 Å². The molecule has 0 aliphatic heterocycles. The summed E-state index contributed by atoms with van der Waals surface area (Å²) in [7, 11) is 0. The number of hydrogen-bond acceptors (Lipinski definition) is 1. The van der Waals surface area contributed by atoms with Crippen molar-refractivity contribution in [1.29, 1.82) is 0 Å². The maximum atomic E-state index is 5.35. The topological polar surface area (TPSA) is 17.8 Å². The highest BCUT2D eigenvalue weighted by atomic mass is 15.1. The molecule has 168 valence electrons. The van der Waals surface area contributed by atoms with E-state index in [2.05, 4.69) is 135 Å². The van der Waals surface area contributed by atoms with Crippen molar-refractivity contribution in [2.45, 2.75) is 27.3 Å². The molecular weight excluding hydrogens is 412 g/mol. The molecule has 5 rings (SSSR count). The number of aryl methyl sites for hydroxylation is 1. The fourth-order valence-corrected chi connectivity index (χ4v) is 4.63. The summed E-state index contributed by atoms with van der Waals surface area (Å²) in [6.07, 6.45) is 0. The van der Waals surface area contributed by atoms with Crippen LogP contribution in [0.3, 0.4) is 0 Å². The Hall–Kier alpha value is -3.91. The maximum Gasteiger partial charge on any atom is 0.141 e. The average molecular weight is 443 g/mol. The molecule has 1 aromatic heterocycles. The Morgan fingerprint density at radius 1 is 0.647 bits per heavy atom. The molecule has 2 nitrogen and oxygen atoms in total. The van der Waals surface area contributed by atoms with Crippen molar-refractivity contribution in [1.82, 2.24) is 9.55 Å². The largest absolute Gasteiger partial charge is 0.323 e. The lowest BCUT2D eigenvalue weighted by Gasteiger charge is -2.17. The van der Waals surface area contributed by atoms with E-state index in [1.165, 1.54) is 27.9 Å². The minimum absolute atomic E-state index is 0.477. The van der Waals surface area contributed by atoms with Crippen LogP contribution in [0.25, 0.3) is 45.0 Å². The van der Waals surface area contributed by atoms with E-state index in [1.807, 2.05) is 0 Å². The highest BCUT2D eigenvalue weighted by molar-refractivity contribution is 5.87. The Balaban J connectivity index is 1.82. The van der Waals surface area contributed by atoms with Gasteiger partial charge in [-0.05, 0) is 24.0 Å². The lowest BCUT2D eigenvalue weighted by molar-refractivity contribution is 0.530. The molecule has 0 radical (unpaired) electrons. The molecule has 0 N–H and O–H groups in total. The molecule has 0 aliphatic rings. The summed E-state index contributed by atoms with van der Waals surface area (Å²) in [6, 6.07) is 38.6. The summed E-state index contributed by atoms with van der Waals surface area (Å²) >= 11 is 0. The third-order valence-electron chi connectivity index (χ3n) is 6.11. The highest BCUT2D eigenvalue weighted by Gasteiger charge is 2.23. The van der Waals surface area contributed by atoms with Gasteiger partial charge >= 0.3 is 0 Å². The fraction of sp³-hybridized carbons (Fsp3) is 0.156. The smallest absolute Gasteiger partial charge is 0.141 e. The summed E-state index contributed by atoms with van der Waals surface area (Å²) in [5, 5.41) is 0. The first-order chi connectivity index (χ1) is 16.6. The van der Waals surface area contributed by atoms with Crippen LogP contribution in [0, 0.1) is 12.8 Å². The monoisotopic (exact) mass is 442 g/mol. The van der Waals surface area contributed by atoms with Gasteiger partial charge in [-0.2, -0.15) is 0 Å². The number of hydrogen-bond donors (Lipinski definition) is 0. The standard InChI is InChI=1S/C32H30N2/c1-23(2)22-34-31(26-16-8-5-9-17-26)30(25-14-6-4-7-15-25)33-32(34)29-20-11-10-19-28(29)27-18-12-13-24(3)21-27/h4-21,23H,22H2,1-3H3. The zero-order chi connectivity index (χ0) is 23.5. The number of imidazole rings is 1. The average Bonchev–Trinajstić information content (AvgIpc) is 3.23. The van der Waals surface area contributed by atoms with Crippen LogP contribution in [0.2, 0.25) is 0 Å². The molecule has 0 amide bonds. The van der Waals surface area contributed by atoms with Crippen molar-refractivity contribution in [2.24, 2.45) is 5.92 Å². The molecular formula is C32H30N2.